The van der Waals surface area contributed by atoms with Gasteiger partial charge in [-0.2, -0.15) is 0 Å². The second-order valence-corrected chi connectivity index (χ2v) is 14.3. The number of ether oxygens (including phenoxy) is 1. The van der Waals surface area contributed by atoms with Gasteiger partial charge in [0.25, 0.3) is 11.8 Å². The number of morpholine rings is 1. The number of carbonyl (C=O) groups excluding carboxylic acids is 4. The number of aromatic hydroxyl groups is 1. The molecule has 4 amide bonds. The maximum absolute atomic E-state index is 14.9. The van der Waals surface area contributed by atoms with Crippen molar-refractivity contribution in [2.24, 2.45) is 17.8 Å². The molecule has 1 saturated carbocycles. The second-order valence-electron chi connectivity index (χ2n) is 13.1. The van der Waals surface area contributed by atoms with Crippen LogP contribution in [0.5, 0.6) is 5.75 Å². The number of alkyl halides is 2. The van der Waals surface area contributed by atoms with E-state index in [0.29, 0.717) is 24.5 Å². The number of phenolic OH excluding ortho intramolecular Hbond substituents is 1. The van der Waals surface area contributed by atoms with E-state index >= 15 is 0 Å². The quantitative estimate of drug-likeness (QED) is 0.224. The third-order valence-corrected chi connectivity index (χ3v) is 12.1. The SMILES string of the molecule is O=C1[C@H]2[C@H](CC=C3[C@H]2C[C@@]2(Cl)C(=O)N(c4ccc(F)cc4)C(=O)[C@@]2(Cl)[C@H]3c2ccc(O)c(F)c2)C(=O)N1c1ccc(N2CCOCC2)cc1. The molecule has 3 aromatic carbocycles. The van der Waals surface area contributed by atoms with E-state index in [-0.39, 0.29) is 24.1 Å². The molecule has 3 aliphatic heterocycles. The molecular weight excluding hydrogens is 679 g/mol. The number of imide groups is 2. The second kappa shape index (κ2) is 11.4. The fraction of sp³-hybridized carbons (Fsp3) is 0.333. The van der Waals surface area contributed by atoms with Gasteiger partial charge in [0.2, 0.25) is 11.8 Å². The molecule has 0 bridgehead atoms. The van der Waals surface area contributed by atoms with Gasteiger partial charge in [-0.1, -0.05) is 17.7 Å². The van der Waals surface area contributed by atoms with E-state index in [1.165, 1.54) is 23.1 Å². The Hall–Kier alpha value is -4.32. The molecule has 4 fully saturated rings. The predicted molar refractivity (Wildman–Crippen MR) is 177 cm³/mol. The number of rotatable bonds is 4. The van der Waals surface area contributed by atoms with Gasteiger partial charge in [-0.05, 0) is 85.0 Å². The van der Waals surface area contributed by atoms with E-state index in [0.717, 1.165) is 47.9 Å². The summed E-state index contributed by atoms with van der Waals surface area (Å²) in [6.45, 7) is 2.64. The van der Waals surface area contributed by atoms with Crippen molar-refractivity contribution in [1.82, 2.24) is 0 Å². The molecule has 0 aromatic heterocycles. The number of halogens is 4. The average molecular weight is 709 g/mol. The molecule has 2 aliphatic carbocycles. The molecule has 1 N–H and O–H groups in total. The Bertz CT molecular complexity index is 1950. The summed E-state index contributed by atoms with van der Waals surface area (Å²) in [6.07, 6.45) is 1.61. The minimum absolute atomic E-state index is 0.0372. The Balaban J connectivity index is 1.21. The largest absolute Gasteiger partial charge is 0.505 e. The van der Waals surface area contributed by atoms with Crippen molar-refractivity contribution in [3.63, 3.8) is 0 Å². The van der Waals surface area contributed by atoms with Gasteiger partial charge in [0.15, 0.2) is 21.3 Å². The molecule has 3 aromatic rings. The lowest BCUT2D eigenvalue weighted by atomic mass is 9.56. The van der Waals surface area contributed by atoms with Crippen LogP contribution in [-0.4, -0.2) is 64.8 Å². The fourth-order valence-electron chi connectivity index (χ4n) is 8.36. The highest BCUT2D eigenvalue weighted by molar-refractivity contribution is 6.58. The summed E-state index contributed by atoms with van der Waals surface area (Å²) in [6, 6.07) is 15.4. The zero-order chi connectivity index (χ0) is 34.4. The number of allylic oxidation sites excluding steroid dienone is 2. The van der Waals surface area contributed by atoms with Crippen LogP contribution in [0.4, 0.5) is 25.8 Å². The number of fused-ring (bicyclic) bond motifs is 4. The van der Waals surface area contributed by atoms with Crippen LogP contribution >= 0.6 is 23.2 Å². The Morgan fingerprint density at radius 3 is 2.08 bits per heavy atom. The number of phenols is 1. The first-order chi connectivity index (χ1) is 23.5. The van der Waals surface area contributed by atoms with Crippen LogP contribution in [-0.2, 0) is 23.9 Å². The highest BCUT2D eigenvalue weighted by Gasteiger charge is 2.76. The molecule has 9 nitrogen and oxygen atoms in total. The molecule has 8 rings (SSSR count). The van der Waals surface area contributed by atoms with E-state index < -0.39 is 74.4 Å². The van der Waals surface area contributed by atoms with Crippen LogP contribution in [0.15, 0.2) is 78.4 Å². The maximum Gasteiger partial charge on any atom is 0.258 e. The van der Waals surface area contributed by atoms with Crippen molar-refractivity contribution in [2.75, 3.05) is 41.0 Å². The van der Waals surface area contributed by atoms with Gasteiger partial charge in [-0.3, -0.25) is 24.1 Å². The topological polar surface area (TPSA) is 107 Å². The highest BCUT2D eigenvalue weighted by Crippen LogP contribution is 2.66. The van der Waals surface area contributed by atoms with Gasteiger partial charge < -0.3 is 14.7 Å². The normalized spacial score (nSPS) is 31.1. The summed E-state index contributed by atoms with van der Waals surface area (Å²) < 4.78 is 34.2. The van der Waals surface area contributed by atoms with Gasteiger partial charge in [0, 0.05) is 24.7 Å². The van der Waals surface area contributed by atoms with Crippen LogP contribution in [0.1, 0.15) is 24.3 Å². The molecule has 13 heteroatoms. The number of carbonyl (C=O) groups is 4. The monoisotopic (exact) mass is 707 g/mol. The Kier molecular flexibility index (Phi) is 7.40. The van der Waals surface area contributed by atoms with Crippen molar-refractivity contribution in [1.29, 1.82) is 0 Å². The summed E-state index contributed by atoms with van der Waals surface area (Å²) in [5, 5.41) is 10.00. The van der Waals surface area contributed by atoms with Gasteiger partial charge in [0.05, 0.1) is 36.4 Å². The Morgan fingerprint density at radius 1 is 0.776 bits per heavy atom. The molecule has 3 saturated heterocycles. The number of benzene rings is 3. The first-order valence-corrected chi connectivity index (χ1v) is 16.7. The lowest BCUT2D eigenvalue weighted by molar-refractivity contribution is -0.125. The number of hydrogen-bond donors (Lipinski definition) is 1. The zero-order valence-electron chi connectivity index (χ0n) is 25.8. The number of amides is 4. The maximum atomic E-state index is 14.9. The Morgan fingerprint density at radius 2 is 1.41 bits per heavy atom. The van der Waals surface area contributed by atoms with Crippen LogP contribution in [0.25, 0.3) is 0 Å². The van der Waals surface area contributed by atoms with E-state index in [1.807, 2.05) is 12.1 Å². The third-order valence-electron chi connectivity index (χ3n) is 10.7. The van der Waals surface area contributed by atoms with Gasteiger partial charge in [-0.15, -0.1) is 23.2 Å². The molecule has 3 heterocycles. The number of nitrogens with zero attached hydrogens (tertiary/aromatic N) is 3. The van der Waals surface area contributed by atoms with Gasteiger partial charge in [-0.25, -0.2) is 13.7 Å². The third kappa shape index (κ3) is 4.51. The summed E-state index contributed by atoms with van der Waals surface area (Å²) in [7, 11) is 0. The molecule has 49 heavy (non-hydrogen) atoms. The summed E-state index contributed by atoms with van der Waals surface area (Å²) >= 11 is 14.6. The summed E-state index contributed by atoms with van der Waals surface area (Å²) in [5.41, 5.74) is 2.00. The predicted octanol–water partition coefficient (Wildman–Crippen LogP) is 5.28. The van der Waals surface area contributed by atoms with Crippen molar-refractivity contribution in [3.8, 4) is 5.75 Å². The number of anilines is 3. The summed E-state index contributed by atoms with van der Waals surface area (Å²) in [5.74, 6) is -8.64. The molecular formula is C36H29Cl2F2N3O6. The summed E-state index contributed by atoms with van der Waals surface area (Å²) in [4.78, 5) is 56.8. The van der Waals surface area contributed by atoms with Crippen LogP contribution < -0.4 is 14.7 Å². The standard InChI is InChI=1S/C36H29Cl2F2N3O6/c37-35-18-26-24(10-11-25-29(26)32(46)42(31(25)45)22-8-6-21(7-9-22)41-13-15-49-16-14-41)30(19-1-12-28(44)27(40)17-19)36(35,38)34(48)43(33(35)47)23-4-2-20(39)3-5-23/h1-10,12,17,25-26,29-30,44H,11,13-16,18H2/t25-,26+,29-,30-,35+,36-/m0/s1. The lowest BCUT2D eigenvalue weighted by Crippen LogP contribution is -2.60. The highest BCUT2D eigenvalue weighted by atomic mass is 35.5. The van der Waals surface area contributed by atoms with Crippen molar-refractivity contribution < 1.29 is 37.8 Å². The molecule has 0 spiro atoms. The first kappa shape index (κ1) is 31.9. The van der Waals surface area contributed by atoms with Crippen molar-refractivity contribution >= 4 is 63.9 Å². The van der Waals surface area contributed by atoms with Gasteiger partial charge in [0.1, 0.15) is 5.82 Å². The molecule has 252 valence electrons. The van der Waals surface area contributed by atoms with Crippen molar-refractivity contribution in [3.05, 3.63) is 95.6 Å². The smallest absolute Gasteiger partial charge is 0.258 e. The van der Waals surface area contributed by atoms with E-state index in [4.69, 9.17) is 27.9 Å². The minimum Gasteiger partial charge on any atom is -0.505 e. The van der Waals surface area contributed by atoms with E-state index in [1.54, 1.807) is 18.2 Å². The van der Waals surface area contributed by atoms with Crippen LogP contribution in [0, 0.1) is 29.4 Å². The molecule has 0 radical (unpaired) electrons. The van der Waals surface area contributed by atoms with Gasteiger partial charge >= 0.3 is 0 Å². The average Bonchev–Trinajstić information content (AvgIpc) is 3.44. The van der Waals surface area contributed by atoms with E-state index in [9.17, 15) is 33.1 Å². The molecule has 0 unspecified atom stereocenters. The van der Waals surface area contributed by atoms with Crippen molar-refractivity contribution in [2.45, 2.75) is 28.5 Å². The zero-order valence-corrected chi connectivity index (χ0v) is 27.3. The fourth-order valence-corrected chi connectivity index (χ4v) is 9.30. The Labute approximate surface area is 289 Å². The van der Waals surface area contributed by atoms with Crippen LogP contribution in [0.2, 0.25) is 0 Å². The van der Waals surface area contributed by atoms with E-state index in [2.05, 4.69) is 4.90 Å². The first-order valence-electron chi connectivity index (χ1n) is 16.0. The van der Waals surface area contributed by atoms with Crippen LogP contribution in [0.3, 0.4) is 0 Å². The minimum atomic E-state index is -2.21. The molecule has 6 atom stereocenters. The molecule has 5 aliphatic rings. The number of hydrogen-bond acceptors (Lipinski definition) is 7. The lowest BCUT2D eigenvalue weighted by Gasteiger charge is -2.50.